The van der Waals surface area contributed by atoms with Crippen molar-refractivity contribution in [1.82, 2.24) is 0 Å². The Labute approximate surface area is 102 Å². The molecule has 0 N–H and O–H groups in total. The van der Waals surface area contributed by atoms with Crippen molar-refractivity contribution in [3.8, 4) is 6.07 Å². The smallest absolute Gasteiger partial charge is 0.338 e. The van der Waals surface area contributed by atoms with Crippen LogP contribution in [0.15, 0.2) is 12.1 Å². The number of methoxy groups -OCH3 is 1. The molecule has 0 atom stereocenters. The molecule has 0 aliphatic heterocycles. The van der Waals surface area contributed by atoms with Gasteiger partial charge in [0.1, 0.15) is 11.6 Å². The standard InChI is InChI=1S/C10H7ClN2O4/c1-17-10(14)6-2-7(4-11)8(5-12)9(3-6)13(15)16/h2-3H,4H2,1H3. The van der Waals surface area contributed by atoms with Crippen LogP contribution in [0.1, 0.15) is 21.5 Å². The number of hydrogen-bond acceptors (Lipinski definition) is 5. The highest BCUT2D eigenvalue weighted by atomic mass is 35.5. The number of benzene rings is 1. The summed E-state index contributed by atoms with van der Waals surface area (Å²) in [5.41, 5.74) is -0.374. The molecule has 0 fully saturated rings. The van der Waals surface area contributed by atoms with Gasteiger partial charge in [-0.25, -0.2) is 4.79 Å². The number of nitro benzene ring substituents is 1. The lowest BCUT2D eigenvalue weighted by molar-refractivity contribution is -0.385. The van der Waals surface area contributed by atoms with E-state index in [4.69, 9.17) is 16.9 Å². The van der Waals surface area contributed by atoms with Gasteiger partial charge in [0, 0.05) is 11.9 Å². The van der Waals surface area contributed by atoms with Crippen molar-refractivity contribution in [1.29, 1.82) is 5.26 Å². The zero-order valence-electron chi connectivity index (χ0n) is 8.77. The van der Waals surface area contributed by atoms with Crippen LogP contribution >= 0.6 is 11.6 Å². The van der Waals surface area contributed by atoms with E-state index in [1.165, 1.54) is 6.07 Å². The van der Waals surface area contributed by atoms with Gasteiger partial charge in [-0.1, -0.05) is 0 Å². The fourth-order valence-corrected chi connectivity index (χ4v) is 1.51. The van der Waals surface area contributed by atoms with E-state index < -0.39 is 16.6 Å². The molecule has 0 aromatic heterocycles. The molecule has 7 heteroatoms. The second kappa shape index (κ2) is 5.27. The molecule has 0 aliphatic rings. The molecule has 1 aromatic rings. The van der Waals surface area contributed by atoms with E-state index >= 15 is 0 Å². The van der Waals surface area contributed by atoms with Gasteiger partial charge in [-0.15, -0.1) is 11.6 Å². The fraction of sp³-hybridized carbons (Fsp3) is 0.200. The summed E-state index contributed by atoms with van der Waals surface area (Å²) in [6.45, 7) is 0. The lowest BCUT2D eigenvalue weighted by Gasteiger charge is -2.04. The molecule has 0 spiro atoms. The Morgan fingerprint density at radius 1 is 1.65 bits per heavy atom. The molecule has 0 saturated carbocycles. The number of rotatable bonds is 3. The van der Waals surface area contributed by atoms with E-state index in [1.54, 1.807) is 6.07 Å². The number of nitro groups is 1. The monoisotopic (exact) mass is 254 g/mol. The van der Waals surface area contributed by atoms with Crippen LogP contribution < -0.4 is 0 Å². The maximum absolute atomic E-state index is 11.3. The Morgan fingerprint density at radius 3 is 2.71 bits per heavy atom. The maximum Gasteiger partial charge on any atom is 0.338 e. The van der Waals surface area contributed by atoms with E-state index in [9.17, 15) is 14.9 Å². The molecule has 1 aromatic carbocycles. The number of carbonyl (C=O) groups is 1. The number of carbonyl (C=O) groups excluding carboxylic acids is 1. The third-order valence-corrected chi connectivity index (χ3v) is 2.36. The molecule has 0 heterocycles. The molecular weight excluding hydrogens is 248 g/mol. The topological polar surface area (TPSA) is 93.2 Å². The number of alkyl halides is 1. The van der Waals surface area contributed by atoms with E-state index in [2.05, 4.69) is 4.74 Å². The Kier molecular flexibility index (Phi) is 4.01. The number of nitriles is 1. The van der Waals surface area contributed by atoms with Gasteiger partial charge >= 0.3 is 5.97 Å². The summed E-state index contributed by atoms with van der Waals surface area (Å²) in [5.74, 6) is -0.821. The Balaban J connectivity index is 3.52. The Bertz CT molecular complexity index is 522. The van der Waals surface area contributed by atoms with Crippen molar-refractivity contribution < 1.29 is 14.5 Å². The SMILES string of the molecule is COC(=O)c1cc(CCl)c(C#N)c([N+](=O)[O-])c1. The number of halogens is 1. The van der Waals surface area contributed by atoms with Crippen LogP contribution in [0.2, 0.25) is 0 Å². The first-order valence-corrected chi connectivity index (χ1v) is 4.94. The minimum absolute atomic E-state index is 0.00569. The molecule has 0 aliphatic carbocycles. The fourth-order valence-electron chi connectivity index (χ4n) is 1.30. The van der Waals surface area contributed by atoms with Crippen molar-refractivity contribution in [2.45, 2.75) is 5.88 Å². The van der Waals surface area contributed by atoms with Crippen LogP contribution in [-0.4, -0.2) is 18.0 Å². The van der Waals surface area contributed by atoms with Crippen molar-refractivity contribution in [2.24, 2.45) is 0 Å². The van der Waals surface area contributed by atoms with Gasteiger partial charge in [0.15, 0.2) is 0 Å². The summed E-state index contributed by atoms with van der Waals surface area (Å²) >= 11 is 5.58. The van der Waals surface area contributed by atoms with Crippen LogP contribution in [0.4, 0.5) is 5.69 Å². The zero-order chi connectivity index (χ0) is 13.0. The largest absolute Gasteiger partial charge is 0.465 e. The first kappa shape index (κ1) is 12.9. The van der Waals surface area contributed by atoms with E-state index in [-0.39, 0.29) is 22.6 Å². The van der Waals surface area contributed by atoms with E-state index in [1.807, 2.05) is 0 Å². The lowest BCUT2D eigenvalue weighted by Crippen LogP contribution is -2.05. The summed E-state index contributed by atoms with van der Waals surface area (Å²) in [6, 6.07) is 4.01. The highest BCUT2D eigenvalue weighted by molar-refractivity contribution is 6.17. The van der Waals surface area contributed by atoms with Gasteiger partial charge in [-0.05, 0) is 11.6 Å². The minimum atomic E-state index is -0.735. The predicted octanol–water partition coefficient (Wildman–Crippen LogP) is 1.99. The molecule has 0 amide bonds. The van der Waals surface area contributed by atoms with Crippen LogP contribution in [0.25, 0.3) is 0 Å². The normalized spacial score (nSPS) is 9.47. The number of ether oxygens (including phenoxy) is 1. The Hall–Kier alpha value is -2.13. The van der Waals surface area contributed by atoms with Crippen LogP contribution in [0, 0.1) is 21.4 Å². The molecular formula is C10H7ClN2O4. The molecule has 0 radical (unpaired) electrons. The van der Waals surface area contributed by atoms with Gasteiger partial charge in [0.25, 0.3) is 5.69 Å². The number of hydrogen-bond donors (Lipinski definition) is 0. The molecule has 0 saturated heterocycles. The first-order valence-electron chi connectivity index (χ1n) is 4.40. The second-order valence-corrected chi connectivity index (χ2v) is 3.29. The third-order valence-electron chi connectivity index (χ3n) is 2.07. The van der Waals surface area contributed by atoms with Crippen LogP contribution in [-0.2, 0) is 10.6 Å². The van der Waals surface area contributed by atoms with Crippen LogP contribution in [0.5, 0.6) is 0 Å². The highest BCUT2D eigenvalue weighted by Crippen LogP contribution is 2.25. The Morgan fingerprint density at radius 2 is 2.29 bits per heavy atom. The zero-order valence-corrected chi connectivity index (χ0v) is 9.52. The molecule has 0 unspecified atom stereocenters. The highest BCUT2D eigenvalue weighted by Gasteiger charge is 2.21. The van der Waals surface area contributed by atoms with Crippen LogP contribution in [0.3, 0.4) is 0 Å². The van der Waals surface area contributed by atoms with Crippen molar-refractivity contribution in [3.63, 3.8) is 0 Å². The van der Waals surface area contributed by atoms with Crippen molar-refractivity contribution in [2.75, 3.05) is 7.11 Å². The van der Waals surface area contributed by atoms with Gasteiger partial charge in [0.2, 0.25) is 0 Å². The molecule has 0 bridgehead atoms. The average molecular weight is 255 g/mol. The summed E-state index contributed by atoms with van der Waals surface area (Å²) in [5, 5.41) is 19.6. The second-order valence-electron chi connectivity index (χ2n) is 3.02. The summed E-state index contributed by atoms with van der Waals surface area (Å²) in [7, 11) is 1.16. The van der Waals surface area contributed by atoms with Gasteiger partial charge in [-0.3, -0.25) is 10.1 Å². The first-order chi connectivity index (χ1) is 8.04. The quantitative estimate of drug-likeness (QED) is 0.356. The third kappa shape index (κ3) is 2.52. The average Bonchev–Trinajstić information content (AvgIpc) is 2.35. The lowest BCUT2D eigenvalue weighted by atomic mass is 10.0. The number of nitrogens with zero attached hydrogens (tertiary/aromatic N) is 2. The summed E-state index contributed by atoms with van der Waals surface area (Å²) in [6.07, 6.45) is 0. The van der Waals surface area contributed by atoms with E-state index in [0.717, 1.165) is 13.2 Å². The molecule has 17 heavy (non-hydrogen) atoms. The van der Waals surface area contributed by atoms with Gasteiger partial charge in [-0.2, -0.15) is 5.26 Å². The summed E-state index contributed by atoms with van der Waals surface area (Å²) < 4.78 is 4.46. The van der Waals surface area contributed by atoms with Crippen molar-refractivity contribution >= 4 is 23.3 Å². The predicted molar refractivity (Wildman–Crippen MR) is 58.7 cm³/mol. The van der Waals surface area contributed by atoms with Crippen molar-refractivity contribution in [3.05, 3.63) is 38.9 Å². The maximum atomic E-state index is 11.3. The molecule has 88 valence electrons. The summed E-state index contributed by atoms with van der Waals surface area (Å²) in [4.78, 5) is 21.3. The molecule has 1 rings (SSSR count). The van der Waals surface area contributed by atoms with Gasteiger partial charge < -0.3 is 4.74 Å². The minimum Gasteiger partial charge on any atom is -0.465 e. The van der Waals surface area contributed by atoms with Gasteiger partial charge in [0.05, 0.1) is 17.6 Å². The molecule has 6 nitrogen and oxygen atoms in total. The number of esters is 1. The van der Waals surface area contributed by atoms with E-state index in [0.29, 0.717) is 0 Å².